The number of hydrogen-bond donors (Lipinski definition) is 0. The van der Waals surface area contributed by atoms with E-state index in [0.29, 0.717) is 5.41 Å². The number of ether oxygens (including phenoxy) is 2. The molecule has 0 aliphatic carbocycles. The maximum Gasteiger partial charge on any atom is 0.673 e. The van der Waals surface area contributed by atoms with Gasteiger partial charge in [0.2, 0.25) is 0 Å². The van der Waals surface area contributed by atoms with Crippen LogP contribution in [0.5, 0.6) is 0 Å². The lowest BCUT2D eigenvalue weighted by Gasteiger charge is -2.34. The summed E-state index contributed by atoms with van der Waals surface area (Å²) in [6.07, 6.45) is 3.42. The van der Waals surface area contributed by atoms with Gasteiger partial charge in [0.05, 0.1) is 0 Å². The van der Waals surface area contributed by atoms with Crippen molar-refractivity contribution >= 4 is 16.5 Å². The highest BCUT2D eigenvalue weighted by atomic mass is 31.0. The maximum absolute atomic E-state index is 9.75. The Hall–Kier alpha value is 0.135. The van der Waals surface area contributed by atoms with E-state index in [1.807, 2.05) is 16.2 Å². The molecule has 2 nitrogen and oxygen atoms in total. The second-order valence-electron chi connectivity index (χ2n) is 4.35. The highest BCUT2D eigenvalue weighted by Crippen LogP contribution is 2.39. The van der Waals surface area contributed by atoms with Crippen molar-refractivity contribution < 1.29 is 26.7 Å². The van der Waals surface area contributed by atoms with Crippen LogP contribution in [0.4, 0.5) is 17.3 Å². The zero-order valence-corrected chi connectivity index (χ0v) is 13.8. The molecule has 0 aromatic rings. The van der Waals surface area contributed by atoms with Crippen LogP contribution < -0.4 is 0 Å². The Morgan fingerprint density at radius 2 is 1.37 bits per heavy atom. The van der Waals surface area contributed by atoms with Gasteiger partial charge in [0, 0.05) is 21.8 Å². The van der Waals surface area contributed by atoms with Crippen LogP contribution >= 0.6 is 9.24 Å². The summed E-state index contributed by atoms with van der Waals surface area (Å²) in [4.78, 5) is 0. The first-order valence-corrected chi connectivity index (χ1v) is 7.26. The van der Waals surface area contributed by atoms with E-state index in [4.69, 9.17) is 9.47 Å². The van der Waals surface area contributed by atoms with Gasteiger partial charge in [-0.25, -0.2) is 0 Å². The van der Waals surface area contributed by atoms with Crippen LogP contribution in [0.25, 0.3) is 0 Å². The number of hydrogen-bond acceptors (Lipinski definition) is 2. The molecule has 3 unspecified atom stereocenters. The Balaban J connectivity index is 0. The number of halogens is 4. The summed E-state index contributed by atoms with van der Waals surface area (Å²) in [6.45, 7) is 8.69. The summed E-state index contributed by atoms with van der Waals surface area (Å²) in [5.74, 6) is 0.289. The Labute approximate surface area is 115 Å². The molecule has 0 heterocycles. The third-order valence-corrected chi connectivity index (χ3v) is 4.54. The fourth-order valence-corrected chi connectivity index (χ4v) is 3.00. The normalized spacial score (nSPS) is 15.6. The molecule has 0 aromatic heterocycles. The Morgan fingerprint density at radius 3 is 1.58 bits per heavy atom. The molecule has 0 N–H and O–H groups in total. The molecule has 3 atom stereocenters. The molecule has 19 heavy (non-hydrogen) atoms. The Bertz CT molecular complexity index is 211. The molecule has 0 bridgehead atoms. The summed E-state index contributed by atoms with van der Waals surface area (Å²) in [5, 5.41) is 0. The van der Waals surface area contributed by atoms with E-state index in [0.717, 1.165) is 0 Å². The van der Waals surface area contributed by atoms with Gasteiger partial charge in [-0.3, -0.25) is 0 Å². The van der Waals surface area contributed by atoms with Crippen LogP contribution in [0.3, 0.4) is 0 Å². The first-order chi connectivity index (χ1) is 8.56. The minimum absolute atomic E-state index is 0.0958. The third-order valence-electron chi connectivity index (χ3n) is 3.48. The van der Waals surface area contributed by atoms with Crippen molar-refractivity contribution in [1.29, 1.82) is 0 Å². The van der Waals surface area contributed by atoms with Crippen LogP contribution in [0.1, 0.15) is 47.0 Å². The molecule has 0 saturated heterocycles. The smallest absolute Gasteiger partial charge is 0.418 e. The summed E-state index contributed by atoms with van der Waals surface area (Å²) in [7, 11) is -2.37. The van der Waals surface area contributed by atoms with Crippen molar-refractivity contribution in [2.24, 2.45) is 5.41 Å². The second kappa shape index (κ2) is 9.95. The van der Waals surface area contributed by atoms with Gasteiger partial charge in [0.1, 0.15) is 0 Å². The average molecular weight is 308 g/mol. The lowest BCUT2D eigenvalue weighted by molar-refractivity contribution is -0.150. The Morgan fingerprint density at radius 1 is 1.05 bits per heavy atom. The zero-order valence-electron chi connectivity index (χ0n) is 12.4. The highest BCUT2D eigenvalue weighted by molar-refractivity contribution is 7.17. The van der Waals surface area contributed by atoms with Gasteiger partial charge in [0.15, 0.2) is 12.1 Å². The van der Waals surface area contributed by atoms with Crippen molar-refractivity contribution in [2.75, 3.05) is 7.11 Å². The van der Waals surface area contributed by atoms with Gasteiger partial charge in [-0.15, -0.1) is 0 Å². The van der Waals surface area contributed by atoms with Gasteiger partial charge in [-0.05, 0) is 26.2 Å². The molecule has 8 heteroatoms. The van der Waals surface area contributed by atoms with Crippen LogP contribution in [0.2, 0.25) is 0 Å². The molecule has 0 amide bonds. The monoisotopic (exact) mass is 308 g/mol. The van der Waals surface area contributed by atoms with Crippen molar-refractivity contribution in [3.8, 4) is 0 Å². The van der Waals surface area contributed by atoms with E-state index in [1.165, 1.54) is 19.3 Å². The lowest BCUT2D eigenvalue weighted by Crippen LogP contribution is -2.34. The standard InChI is InChI=1S/C11H25O2P.BF4/c1-6-11(7-2,8-3)10(14)13-9(4)12-5;2-1(3,4)5/h9-10H,6-8,14H2,1-5H3;/q;-1/p+1. The van der Waals surface area contributed by atoms with Crippen molar-refractivity contribution in [1.82, 2.24) is 0 Å². The highest BCUT2D eigenvalue weighted by Gasteiger charge is 2.36. The molecular weight excluding hydrogens is 282 g/mol. The van der Waals surface area contributed by atoms with Gasteiger partial charge in [0.25, 0.3) is 0 Å². The van der Waals surface area contributed by atoms with E-state index in [1.54, 1.807) is 7.11 Å². The molecule has 0 aliphatic rings. The average Bonchev–Trinajstić information content (AvgIpc) is 2.29. The van der Waals surface area contributed by atoms with E-state index in [-0.39, 0.29) is 12.1 Å². The molecule has 0 spiro atoms. The molecule has 0 radical (unpaired) electrons. The Kier molecular flexibility index (Phi) is 11.2. The van der Waals surface area contributed by atoms with Gasteiger partial charge < -0.3 is 26.7 Å². The predicted molar refractivity (Wildman–Crippen MR) is 75.9 cm³/mol. The lowest BCUT2D eigenvalue weighted by atomic mass is 9.80. The predicted octanol–water partition coefficient (Wildman–Crippen LogP) is 4.45. The van der Waals surface area contributed by atoms with Crippen LogP contribution in [-0.4, -0.2) is 26.5 Å². The van der Waals surface area contributed by atoms with Crippen molar-refractivity contribution in [3.05, 3.63) is 0 Å². The maximum atomic E-state index is 9.75. The topological polar surface area (TPSA) is 18.5 Å². The zero-order chi connectivity index (χ0) is 15.7. The first kappa shape index (κ1) is 21.4. The van der Waals surface area contributed by atoms with Crippen LogP contribution in [0, 0.1) is 5.41 Å². The van der Waals surface area contributed by atoms with Crippen LogP contribution in [0.15, 0.2) is 0 Å². The second-order valence-corrected chi connectivity index (χ2v) is 5.09. The summed E-state index contributed by atoms with van der Waals surface area (Å²) >= 11 is 0. The van der Waals surface area contributed by atoms with E-state index in [2.05, 4.69) is 20.8 Å². The third kappa shape index (κ3) is 10.6. The number of methoxy groups -OCH3 is 1. The summed E-state index contributed by atoms with van der Waals surface area (Å²) in [6, 6.07) is 0. The molecule has 0 aliphatic heterocycles. The minimum atomic E-state index is -6.00. The molecule has 0 fully saturated rings. The van der Waals surface area contributed by atoms with Gasteiger partial charge >= 0.3 is 7.25 Å². The molecular formula is C11H26BF4O2P. The van der Waals surface area contributed by atoms with E-state index < -0.39 is 7.25 Å². The summed E-state index contributed by atoms with van der Waals surface area (Å²) in [5.41, 5.74) is 0.325. The van der Waals surface area contributed by atoms with Crippen molar-refractivity contribution in [3.63, 3.8) is 0 Å². The van der Waals surface area contributed by atoms with Gasteiger partial charge in [-0.1, -0.05) is 20.8 Å². The quantitative estimate of drug-likeness (QED) is 0.299. The fourth-order valence-electron chi connectivity index (χ4n) is 1.86. The first-order valence-electron chi connectivity index (χ1n) is 6.44. The van der Waals surface area contributed by atoms with Crippen molar-refractivity contribution in [2.45, 2.75) is 59.1 Å². The largest absolute Gasteiger partial charge is 0.673 e. The van der Waals surface area contributed by atoms with E-state index >= 15 is 0 Å². The fraction of sp³-hybridized carbons (Fsp3) is 1.00. The minimum Gasteiger partial charge on any atom is -0.418 e. The number of rotatable bonds is 7. The van der Waals surface area contributed by atoms with E-state index in [9.17, 15) is 17.3 Å². The SMILES string of the molecule is CCC(CC)(CC)C([PH3+])OC(C)OC.F[B-](F)(F)F. The van der Waals surface area contributed by atoms with Crippen LogP contribution in [-0.2, 0) is 9.47 Å². The summed E-state index contributed by atoms with van der Waals surface area (Å²) < 4.78 is 50.0. The molecule has 118 valence electrons. The molecule has 0 saturated carbocycles. The van der Waals surface area contributed by atoms with Gasteiger partial charge in [-0.2, -0.15) is 0 Å². The molecule has 0 aromatic carbocycles. The molecule has 0 rings (SSSR count).